The number of sulfonamides is 1. The number of hydrogen-bond donors (Lipinski definition) is 2. The molecular formula is C12H19NO5S2. The van der Waals surface area contributed by atoms with Crippen molar-refractivity contribution in [3.8, 4) is 0 Å². The molecule has 0 spiro atoms. The van der Waals surface area contributed by atoms with Crippen molar-refractivity contribution in [2.45, 2.75) is 30.9 Å². The zero-order chi connectivity index (χ0) is 15.2. The molecule has 0 atom stereocenters. The summed E-state index contributed by atoms with van der Waals surface area (Å²) < 4.78 is 31.7. The summed E-state index contributed by atoms with van der Waals surface area (Å²) in [6.45, 7) is 5.02. The van der Waals surface area contributed by atoms with Crippen molar-refractivity contribution in [3.05, 3.63) is 16.5 Å². The van der Waals surface area contributed by atoms with Crippen LogP contribution < -0.4 is 4.72 Å². The maximum atomic E-state index is 12.0. The van der Waals surface area contributed by atoms with E-state index in [9.17, 15) is 13.2 Å². The van der Waals surface area contributed by atoms with E-state index in [1.807, 2.05) is 6.92 Å². The highest BCUT2D eigenvalue weighted by Gasteiger charge is 2.21. The first kappa shape index (κ1) is 17.1. The van der Waals surface area contributed by atoms with E-state index in [0.29, 0.717) is 25.2 Å². The Balaban J connectivity index is 2.56. The minimum Gasteiger partial charge on any atom is -0.477 e. The lowest BCUT2D eigenvalue weighted by molar-refractivity contribution is 0.0701. The molecule has 1 aromatic heterocycles. The smallest absolute Gasteiger partial charge is 0.346 e. The van der Waals surface area contributed by atoms with E-state index in [2.05, 4.69) is 4.72 Å². The maximum absolute atomic E-state index is 12.0. The van der Waals surface area contributed by atoms with Crippen molar-refractivity contribution in [2.75, 3.05) is 19.8 Å². The Hall–Kier alpha value is -0.960. The summed E-state index contributed by atoms with van der Waals surface area (Å²) in [6, 6.07) is 1.38. The largest absolute Gasteiger partial charge is 0.477 e. The van der Waals surface area contributed by atoms with Gasteiger partial charge in [-0.05, 0) is 31.4 Å². The molecule has 0 aromatic carbocycles. The second-order valence-electron chi connectivity index (χ2n) is 4.25. The number of thiophene rings is 1. The Kier molecular flexibility index (Phi) is 6.60. The molecule has 0 unspecified atom stereocenters. The Morgan fingerprint density at radius 3 is 2.70 bits per heavy atom. The number of rotatable bonds is 9. The third-order valence-electron chi connectivity index (χ3n) is 2.46. The van der Waals surface area contributed by atoms with Crippen LogP contribution in [0.15, 0.2) is 10.3 Å². The quantitative estimate of drug-likeness (QED) is 0.677. The van der Waals surface area contributed by atoms with Gasteiger partial charge in [0, 0.05) is 19.8 Å². The second kappa shape index (κ2) is 7.72. The number of ether oxygens (including phenoxy) is 1. The van der Waals surface area contributed by atoms with Gasteiger partial charge in [-0.1, -0.05) is 6.92 Å². The highest BCUT2D eigenvalue weighted by Crippen LogP contribution is 2.25. The Labute approximate surface area is 122 Å². The molecule has 0 aliphatic carbocycles. The lowest BCUT2D eigenvalue weighted by Gasteiger charge is -2.05. The van der Waals surface area contributed by atoms with Crippen LogP contribution in [0.4, 0.5) is 0 Å². The molecule has 0 aliphatic rings. The van der Waals surface area contributed by atoms with Gasteiger partial charge in [-0.15, -0.1) is 11.3 Å². The monoisotopic (exact) mass is 321 g/mol. The Morgan fingerprint density at radius 1 is 1.45 bits per heavy atom. The van der Waals surface area contributed by atoms with Crippen LogP contribution in [0.2, 0.25) is 0 Å². The fourth-order valence-electron chi connectivity index (χ4n) is 1.50. The third-order valence-corrected chi connectivity index (χ3v) is 5.62. The van der Waals surface area contributed by atoms with Crippen LogP contribution in [0.3, 0.4) is 0 Å². The average Bonchev–Trinajstić information content (AvgIpc) is 2.76. The first-order valence-corrected chi connectivity index (χ1v) is 8.59. The fraction of sp³-hybridized carbons (Fsp3) is 0.583. The molecular weight excluding hydrogens is 302 g/mol. The minimum atomic E-state index is -3.64. The molecule has 8 heteroatoms. The molecule has 0 radical (unpaired) electrons. The first-order chi connectivity index (χ1) is 9.38. The molecule has 1 aromatic rings. The molecule has 0 bridgehead atoms. The Morgan fingerprint density at radius 2 is 2.15 bits per heavy atom. The third kappa shape index (κ3) is 4.86. The molecule has 2 N–H and O–H groups in total. The second-order valence-corrected chi connectivity index (χ2v) is 7.29. The maximum Gasteiger partial charge on any atom is 0.346 e. The van der Waals surface area contributed by atoms with Crippen LogP contribution >= 0.6 is 11.3 Å². The summed E-state index contributed by atoms with van der Waals surface area (Å²) in [7, 11) is -3.64. The average molecular weight is 321 g/mol. The topological polar surface area (TPSA) is 92.7 Å². The number of carboxylic acids is 1. The van der Waals surface area contributed by atoms with E-state index in [0.717, 1.165) is 17.8 Å². The first-order valence-electron chi connectivity index (χ1n) is 6.29. The summed E-state index contributed by atoms with van der Waals surface area (Å²) >= 11 is 0.765. The zero-order valence-corrected chi connectivity index (χ0v) is 13.1. The Bertz CT molecular complexity index is 550. The van der Waals surface area contributed by atoms with Crippen molar-refractivity contribution < 1.29 is 23.1 Å². The predicted octanol–water partition coefficient (Wildman–Crippen LogP) is 1.85. The minimum absolute atomic E-state index is 0.0295. The normalized spacial score (nSPS) is 11.7. The van der Waals surface area contributed by atoms with Crippen molar-refractivity contribution in [2.24, 2.45) is 0 Å². The van der Waals surface area contributed by atoms with Crippen molar-refractivity contribution >= 4 is 27.3 Å². The van der Waals surface area contributed by atoms with Gasteiger partial charge in [-0.3, -0.25) is 0 Å². The van der Waals surface area contributed by atoms with Gasteiger partial charge in [0.05, 0.1) is 0 Å². The summed E-state index contributed by atoms with van der Waals surface area (Å²) in [5, 5.41) is 8.92. The number of aromatic carboxylic acids is 1. The number of aryl methyl sites for hydroxylation is 1. The number of hydrogen-bond acceptors (Lipinski definition) is 5. The van der Waals surface area contributed by atoms with Gasteiger partial charge >= 0.3 is 5.97 Å². The lowest BCUT2D eigenvalue weighted by atomic mass is 10.3. The van der Waals surface area contributed by atoms with Gasteiger partial charge in [-0.25, -0.2) is 17.9 Å². The van der Waals surface area contributed by atoms with Crippen LogP contribution in [-0.2, 0) is 14.8 Å². The van der Waals surface area contributed by atoms with Crippen LogP contribution in [0.5, 0.6) is 0 Å². The fourth-order valence-corrected chi connectivity index (χ4v) is 3.99. The highest BCUT2D eigenvalue weighted by molar-refractivity contribution is 7.91. The van der Waals surface area contributed by atoms with Gasteiger partial charge in [0.1, 0.15) is 9.09 Å². The molecule has 0 aliphatic heterocycles. The molecule has 0 saturated carbocycles. The van der Waals surface area contributed by atoms with Crippen LogP contribution in [0.25, 0.3) is 0 Å². The van der Waals surface area contributed by atoms with Crippen molar-refractivity contribution in [1.82, 2.24) is 4.72 Å². The van der Waals surface area contributed by atoms with Gasteiger partial charge in [-0.2, -0.15) is 0 Å². The number of nitrogens with one attached hydrogen (secondary N) is 1. The molecule has 20 heavy (non-hydrogen) atoms. The van der Waals surface area contributed by atoms with Crippen LogP contribution in [-0.4, -0.2) is 39.3 Å². The lowest BCUT2D eigenvalue weighted by Crippen LogP contribution is -2.24. The van der Waals surface area contributed by atoms with Gasteiger partial charge in [0.25, 0.3) is 0 Å². The van der Waals surface area contributed by atoms with Crippen molar-refractivity contribution in [3.63, 3.8) is 0 Å². The molecule has 1 heterocycles. The summed E-state index contributed by atoms with van der Waals surface area (Å²) in [6.07, 6.45) is 1.51. The van der Waals surface area contributed by atoms with Gasteiger partial charge in [0.15, 0.2) is 0 Å². The molecule has 6 nitrogen and oxygen atoms in total. The number of carboxylic acid groups (broad SMARTS) is 1. The van der Waals surface area contributed by atoms with E-state index in [1.165, 1.54) is 6.07 Å². The summed E-state index contributed by atoms with van der Waals surface area (Å²) in [5.41, 5.74) is 0.453. The van der Waals surface area contributed by atoms with E-state index in [1.54, 1.807) is 6.92 Å². The molecule has 0 fully saturated rings. The standard InChI is InChI=1S/C12H19NO5S2/c1-3-6-18-7-4-5-13-20(16,17)10-8-9(2)11(19-10)12(14)15/h8,13H,3-7H2,1-2H3,(H,14,15). The predicted molar refractivity (Wildman–Crippen MR) is 76.9 cm³/mol. The zero-order valence-electron chi connectivity index (χ0n) is 11.5. The SMILES string of the molecule is CCCOCCCNS(=O)(=O)c1cc(C)c(C(=O)O)s1. The highest BCUT2D eigenvalue weighted by atomic mass is 32.2. The molecule has 0 amide bonds. The van der Waals surface area contributed by atoms with E-state index < -0.39 is 16.0 Å². The van der Waals surface area contributed by atoms with E-state index in [4.69, 9.17) is 9.84 Å². The molecule has 1 rings (SSSR count). The number of carbonyl (C=O) groups is 1. The van der Waals surface area contributed by atoms with E-state index in [-0.39, 0.29) is 15.6 Å². The summed E-state index contributed by atoms with van der Waals surface area (Å²) in [4.78, 5) is 11.0. The van der Waals surface area contributed by atoms with Gasteiger partial charge < -0.3 is 9.84 Å². The van der Waals surface area contributed by atoms with Crippen molar-refractivity contribution in [1.29, 1.82) is 0 Å². The van der Waals surface area contributed by atoms with Gasteiger partial charge in [0.2, 0.25) is 10.0 Å². The summed E-state index contributed by atoms with van der Waals surface area (Å²) in [5.74, 6) is -1.11. The van der Waals surface area contributed by atoms with Crippen LogP contribution in [0, 0.1) is 6.92 Å². The van der Waals surface area contributed by atoms with E-state index >= 15 is 0 Å². The van der Waals surface area contributed by atoms with Crippen LogP contribution in [0.1, 0.15) is 35.0 Å². The molecule has 114 valence electrons. The molecule has 0 saturated heterocycles.